The Kier molecular flexibility index (Phi) is 5.27. The van der Waals surface area contributed by atoms with E-state index >= 15 is 0 Å². The average molecular weight is 375 g/mol. The van der Waals surface area contributed by atoms with Crippen molar-refractivity contribution in [3.8, 4) is 5.75 Å². The number of rotatable bonds is 7. The van der Waals surface area contributed by atoms with Crippen molar-refractivity contribution in [2.24, 2.45) is 0 Å². The van der Waals surface area contributed by atoms with Crippen LogP contribution in [0.4, 0.5) is 0 Å². The zero-order valence-corrected chi connectivity index (χ0v) is 13.4. The van der Waals surface area contributed by atoms with E-state index in [0.717, 1.165) is 33.7 Å². The first-order valence-electron chi connectivity index (χ1n) is 6.15. The highest BCUT2D eigenvalue weighted by Gasteiger charge is 2.20. The van der Waals surface area contributed by atoms with Crippen LogP contribution in [-0.4, -0.2) is 12.6 Å². The molecule has 1 aromatic rings. The number of halogens is 2. The van der Waals surface area contributed by atoms with Gasteiger partial charge in [-0.25, -0.2) is 0 Å². The maximum absolute atomic E-state index is 5.72. The quantitative estimate of drug-likeness (QED) is 0.563. The molecular formula is C14H17Br2NO. The Labute approximate surface area is 125 Å². The third-order valence-corrected chi connectivity index (χ3v) is 3.98. The molecule has 0 atom stereocenters. The van der Waals surface area contributed by atoms with E-state index in [4.69, 9.17) is 4.74 Å². The fourth-order valence-electron chi connectivity index (χ4n) is 1.65. The van der Waals surface area contributed by atoms with Crippen molar-refractivity contribution in [3.05, 3.63) is 39.3 Å². The van der Waals surface area contributed by atoms with Gasteiger partial charge in [0.1, 0.15) is 5.75 Å². The monoisotopic (exact) mass is 373 g/mol. The summed E-state index contributed by atoms with van der Waals surface area (Å²) in [5, 5.41) is 3.50. The fourth-order valence-corrected chi connectivity index (χ4v) is 3.16. The van der Waals surface area contributed by atoms with Gasteiger partial charge in [-0.2, -0.15) is 0 Å². The Hall–Kier alpha value is -0.320. The molecule has 98 valence electrons. The first-order valence-corrected chi connectivity index (χ1v) is 7.74. The minimum Gasteiger partial charge on any atom is -0.491 e. The minimum absolute atomic E-state index is 0.653. The van der Waals surface area contributed by atoms with Gasteiger partial charge in [0.15, 0.2) is 0 Å². The van der Waals surface area contributed by atoms with Crippen molar-refractivity contribution in [3.63, 3.8) is 0 Å². The number of ether oxygens (including phenoxy) is 1. The van der Waals surface area contributed by atoms with Crippen molar-refractivity contribution < 1.29 is 4.74 Å². The second-order valence-corrected chi connectivity index (χ2v) is 6.18. The van der Waals surface area contributed by atoms with Gasteiger partial charge in [0.05, 0.1) is 15.6 Å². The molecule has 0 heterocycles. The molecule has 0 bridgehead atoms. The summed E-state index contributed by atoms with van der Waals surface area (Å²) in [6.45, 7) is 5.25. The van der Waals surface area contributed by atoms with Gasteiger partial charge >= 0.3 is 0 Å². The lowest BCUT2D eigenvalue weighted by Crippen LogP contribution is -2.15. The summed E-state index contributed by atoms with van der Waals surface area (Å²) in [5.41, 5.74) is 1.26. The Bertz CT molecular complexity index is 407. The SMILES string of the molecule is C=CCCOc1c(Br)cc(CNC2CC2)cc1Br. The number of nitrogens with one attached hydrogen (secondary N) is 1. The summed E-state index contributed by atoms with van der Waals surface area (Å²) in [7, 11) is 0. The van der Waals surface area contributed by atoms with Crippen molar-refractivity contribution in [1.82, 2.24) is 5.32 Å². The Morgan fingerprint density at radius 2 is 2.00 bits per heavy atom. The lowest BCUT2D eigenvalue weighted by Gasteiger charge is -2.12. The van der Waals surface area contributed by atoms with Gasteiger partial charge in [0.2, 0.25) is 0 Å². The first-order chi connectivity index (χ1) is 8.70. The molecule has 1 N–H and O–H groups in total. The Balaban J connectivity index is 1.99. The molecule has 0 aromatic heterocycles. The third kappa shape index (κ3) is 4.11. The summed E-state index contributed by atoms with van der Waals surface area (Å²) < 4.78 is 7.70. The predicted octanol–water partition coefficient (Wildman–Crippen LogP) is 4.42. The summed E-state index contributed by atoms with van der Waals surface area (Å²) in [5.74, 6) is 0.868. The fraction of sp³-hybridized carbons (Fsp3) is 0.429. The molecule has 0 radical (unpaired) electrons. The van der Waals surface area contributed by atoms with E-state index in [2.05, 4.69) is 55.9 Å². The minimum atomic E-state index is 0.653. The molecule has 1 fully saturated rings. The third-order valence-electron chi connectivity index (χ3n) is 2.80. The van der Waals surface area contributed by atoms with Crippen molar-refractivity contribution in [1.29, 1.82) is 0 Å². The van der Waals surface area contributed by atoms with Crippen LogP contribution in [0, 0.1) is 0 Å². The lowest BCUT2D eigenvalue weighted by molar-refractivity contribution is 0.321. The normalized spacial score (nSPS) is 14.6. The largest absolute Gasteiger partial charge is 0.491 e. The molecule has 0 unspecified atom stereocenters. The Morgan fingerprint density at radius 1 is 1.33 bits per heavy atom. The van der Waals surface area contributed by atoms with Gasteiger partial charge in [-0.1, -0.05) is 6.08 Å². The molecule has 1 saturated carbocycles. The second kappa shape index (κ2) is 6.73. The average Bonchev–Trinajstić information content (AvgIpc) is 3.14. The van der Waals surface area contributed by atoms with Crippen LogP contribution in [0.25, 0.3) is 0 Å². The van der Waals surface area contributed by atoms with Crippen LogP contribution in [0.3, 0.4) is 0 Å². The molecule has 2 rings (SSSR count). The van der Waals surface area contributed by atoms with Crippen LogP contribution < -0.4 is 10.1 Å². The maximum Gasteiger partial charge on any atom is 0.147 e. The van der Waals surface area contributed by atoms with Crippen LogP contribution in [0.15, 0.2) is 33.7 Å². The standard InChI is InChI=1S/C14H17Br2NO/c1-2-3-6-18-14-12(15)7-10(8-13(14)16)9-17-11-4-5-11/h2,7-8,11,17H,1,3-6,9H2. The van der Waals surface area contributed by atoms with Gasteiger partial charge in [0, 0.05) is 12.6 Å². The van der Waals surface area contributed by atoms with E-state index in [1.807, 2.05) is 6.08 Å². The summed E-state index contributed by atoms with van der Waals surface area (Å²) in [6.07, 6.45) is 5.33. The topological polar surface area (TPSA) is 21.3 Å². The van der Waals surface area contributed by atoms with Gasteiger partial charge in [-0.05, 0) is 68.8 Å². The molecular weight excluding hydrogens is 358 g/mol. The molecule has 1 aliphatic rings. The summed E-state index contributed by atoms with van der Waals surface area (Å²) in [6, 6.07) is 4.96. The highest BCUT2D eigenvalue weighted by atomic mass is 79.9. The molecule has 0 amide bonds. The van der Waals surface area contributed by atoms with E-state index in [1.54, 1.807) is 0 Å². The van der Waals surface area contributed by atoms with E-state index < -0.39 is 0 Å². The van der Waals surface area contributed by atoms with E-state index in [-0.39, 0.29) is 0 Å². The van der Waals surface area contributed by atoms with Crippen molar-refractivity contribution >= 4 is 31.9 Å². The van der Waals surface area contributed by atoms with Crippen LogP contribution in [0.2, 0.25) is 0 Å². The summed E-state index contributed by atoms with van der Waals surface area (Å²) in [4.78, 5) is 0. The van der Waals surface area contributed by atoms with Gasteiger partial charge < -0.3 is 10.1 Å². The van der Waals surface area contributed by atoms with Crippen LogP contribution in [-0.2, 0) is 6.54 Å². The van der Waals surface area contributed by atoms with Crippen LogP contribution >= 0.6 is 31.9 Å². The van der Waals surface area contributed by atoms with Crippen LogP contribution in [0.1, 0.15) is 24.8 Å². The molecule has 1 aliphatic carbocycles. The number of benzene rings is 1. The van der Waals surface area contributed by atoms with Crippen molar-refractivity contribution in [2.45, 2.75) is 31.8 Å². The van der Waals surface area contributed by atoms with E-state index in [9.17, 15) is 0 Å². The van der Waals surface area contributed by atoms with E-state index in [1.165, 1.54) is 18.4 Å². The molecule has 0 saturated heterocycles. The predicted molar refractivity (Wildman–Crippen MR) is 82.0 cm³/mol. The molecule has 2 nitrogen and oxygen atoms in total. The molecule has 18 heavy (non-hydrogen) atoms. The number of hydrogen-bond donors (Lipinski definition) is 1. The highest BCUT2D eigenvalue weighted by molar-refractivity contribution is 9.11. The smallest absolute Gasteiger partial charge is 0.147 e. The highest BCUT2D eigenvalue weighted by Crippen LogP contribution is 2.35. The maximum atomic E-state index is 5.72. The number of hydrogen-bond acceptors (Lipinski definition) is 2. The van der Waals surface area contributed by atoms with Crippen LogP contribution in [0.5, 0.6) is 5.75 Å². The van der Waals surface area contributed by atoms with Crippen molar-refractivity contribution in [2.75, 3.05) is 6.61 Å². The zero-order valence-electron chi connectivity index (χ0n) is 10.2. The lowest BCUT2D eigenvalue weighted by atomic mass is 10.2. The molecule has 4 heteroatoms. The molecule has 0 aliphatic heterocycles. The second-order valence-electron chi connectivity index (χ2n) is 4.47. The Morgan fingerprint density at radius 3 is 2.56 bits per heavy atom. The molecule has 1 aromatic carbocycles. The van der Waals surface area contributed by atoms with Gasteiger partial charge in [-0.15, -0.1) is 6.58 Å². The molecule has 0 spiro atoms. The summed E-state index contributed by atoms with van der Waals surface area (Å²) >= 11 is 7.13. The first kappa shape index (κ1) is 14.1. The van der Waals surface area contributed by atoms with E-state index in [0.29, 0.717) is 6.61 Å². The zero-order chi connectivity index (χ0) is 13.0. The van der Waals surface area contributed by atoms with Gasteiger partial charge in [-0.3, -0.25) is 0 Å². The van der Waals surface area contributed by atoms with Gasteiger partial charge in [0.25, 0.3) is 0 Å².